The van der Waals surface area contributed by atoms with Gasteiger partial charge in [-0.25, -0.2) is 0 Å². The van der Waals surface area contributed by atoms with E-state index in [0.29, 0.717) is 19.4 Å². The van der Waals surface area contributed by atoms with E-state index in [1.807, 2.05) is 0 Å². The maximum absolute atomic E-state index is 10.1. The van der Waals surface area contributed by atoms with Gasteiger partial charge in [-0.2, -0.15) is 0 Å². The molecule has 1 unspecified atom stereocenters. The number of carboxylic acid groups (broad SMARTS) is 1. The van der Waals surface area contributed by atoms with E-state index in [0.717, 1.165) is 0 Å². The van der Waals surface area contributed by atoms with Crippen molar-refractivity contribution in [2.24, 2.45) is 11.6 Å². The van der Waals surface area contributed by atoms with Crippen LogP contribution in [-0.4, -0.2) is 23.7 Å². The normalized spacial score (nSPS) is 13.0. The van der Waals surface area contributed by atoms with Crippen molar-refractivity contribution in [3.63, 3.8) is 0 Å². The van der Waals surface area contributed by atoms with Crippen LogP contribution in [-0.2, 0) is 4.79 Å². The summed E-state index contributed by atoms with van der Waals surface area (Å²) in [5.74, 6) is 3.99. The zero-order valence-corrected chi connectivity index (χ0v) is 5.71. The highest BCUT2D eigenvalue weighted by atomic mass is 16.4. The lowest BCUT2D eigenvalue weighted by Crippen LogP contribution is -2.31. The predicted octanol–water partition coefficient (Wildman–Crippen LogP) is -1.36. The molecule has 0 aromatic rings. The number of rotatable bonds is 5. The molecular formula is C5H13N3O2. The molecule has 0 amide bonds. The number of carbonyl (C=O) groups is 1. The Morgan fingerprint density at radius 3 is 2.70 bits per heavy atom. The molecule has 0 aliphatic rings. The molecule has 0 bridgehead atoms. The van der Waals surface area contributed by atoms with Crippen LogP contribution >= 0.6 is 0 Å². The van der Waals surface area contributed by atoms with Crippen LogP contribution in [0.25, 0.3) is 0 Å². The van der Waals surface area contributed by atoms with Crippen LogP contribution in [0.1, 0.15) is 12.8 Å². The zero-order valence-electron chi connectivity index (χ0n) is 5.71. The average molecular weight is 147 g/mol. The number of nitrogens with one attached hydrogen (secondary N) is 1. The first kappa shape index (κ1) is 9.35. The molecule has 0 radical (unpaired) electrons. The summed E-state index contributed by atoms with van der Waals surface area (Å²) in [7, 11) is 0. The Kier molecular flexibility index (Phi) is 4.82. The maximum Gasteiger partial charge on any atom is 0.320 e. The van der Waals surface area contributed by atoms with Crippen LogP contribution in [0.5, 0.6) is 0 Å². The third-order valence-electron chi connectivity index (χ3n) is 1.15. The van der Waals surface area contributed by atoms with Crippen molar-refractivity contribution in [1.29, 1.82) is 0 Å². The average Bonchev–Trinajstić information content (AvgIpc) is 1.88. The van der Waals surface area contributed by atoms with E-state index in [1.54, 1.807) is 0 Å². The van der Waals surface area contributed by atoms with Crippen molar-refractivity contribution in [3.05, 3.63) is 0 Å². The molecule has 0 aromatic carbocycles. The van der Waals surface area contributed by atoms with E-state index in [9.17, 15) is 4.79 Å². The second-order valence-corrected chi connectivity index (χ2v) is 2.04. The molecule has 0 aromatic heterocycles. The molecule has 0 rings (SSSR count). The fraction of sp³-hybridized carbons (Fsp3) is 0.800. The molecular weight excluding hydrogens is 134 g/mol. The van der Waals surface area contributed by atoms with Crippen LogP contribution in [0.2, 0.25) is 0 Å². The van der Waals surface area contributed by atoms with Crippen LogP contribution in [0.15, 0.2) is 0 Å². The number of aliphatic carboxylic acids is 1. The maximum atomic E-state index is 10.1. The molecule has 6 N–H and O–H groups in total. The van der Waals surface area contributed by atoms with Crippen molar-refractivity contribution < 1.29 is 9.90 Å². The minimum atomic E-state index is -0.961. The fourth-order valence-electron chi connectivity index (χ4n) is 0.548. The predicted molar refractivity (Wildman–Crippen MR) is 37.0 cm³/mol. The molecule has 0 heterocycles. The number of hydrazine groups is 1. The van der Waals surface area contributed by atoms with Gasteiger partial charge in [-0.05, 0) is 12.8 Å². The Hall–Kier alpha value is -0.650. The minimum Gasteiger partial charge on any atom is -0.480 e. The minimum absolute atomic E-state index is 0.458. The molecule has 5 heteroatoms. The van der Waals surface area contributed by atoms with E-state index in [1.165, 1.54) is 0 Å². The summed E-state index contributed by atoms with van der Waals surface area (Å²) in [6.07, 6.45) is 1.14. The first-order valence-electron chi connectivity index (χ1n) is 3.10. The number of nitrogens with two attached hydrogens (primary N) is 2. The van der Waals surface area contributed by atoms with E-state index in [-0.39, 0.29) is 0 Å². The third kappa shape index (κ3) is 4.25. The third-order valence-corrected chi connectivity index (χ3v) is 1.15. The van der Waals surface area contributed by atoms with Gasteiger partial charge in [0, 0.05) is 6.54 Å². The van der Waals surface area contributed by atoms with Gasteiger partial charge in [0.15, 0.2) is 0 Å². The quantitative estimate of drug-likeness (QED) is 0.218. The lowest BCUT2D eigenvalue weighted by atomic mass is 10.2. The lowest BCUT2D eigenvalue weighted by molar-refractivity contribution is -0.138. The molecule has 0 saturated heterocycles. The topological polar surface area (TPSA) is 101 Å². The van der Waals surface area contributed by atoms with Gasteiger partial charge in [0.1, 0.15) is 6.04 Å². The van der Waals surface area contributed by atoms with E-state index >= 15 is 0 Å². The Morgan fingerprint density at radius 1 is 1.70 bits per heavy atom. The number of carboxylic acids is 1. The molecule has 0 aliphatic heterocycles. The van der Waals surface area contributed by atoms with Crippen LogP contribution in [0.4, 0.5) is 0 Å². The van der Waals surface area contributed by atoms with E-state index in [2.05, 4.69) is 5.43 Å². The monoisotopic (exact) mass is 147 g/mol. The van der Waals surface area contributed by atoms with Gasteiger partial charge in [0.2, 0.25) is 0 Å². The van der Waals surface area contributed by atoms with Gasteiger partial charge >= 0.3 is 5.97 Å². The van der Waals surface area contributed by atoms with Gasteiger partial charge < -0.3 is 10.8 Å². The van der Waals surface area contributed by atoms with Crippen LogP contribution < -0.4 is 17.0 Å². The largest absolute Gasteiger partial charge is 0.480 e. The van der Waals surface area contributed by atoms with Crippen molar-refractivity contribution in [2.75, 3.05) is 6.54 Å². The molecule has 0 aliphatic carbocycles. The summed E-state index contributed by atoms with van der Waals surface area (Å²) in [6.45, 7) is 0.598. The standard InChI is InChI=1S/C5H13N3O2/c6-4(5(9)10)2-1-3-8-7/h4,8H,1-3,6-7H2,(H,9,10). The van der Waals surface area contributed by atoms with Gasteiger partial charge in [0.25, 0.3) is 0 Å². The molecule has 0 fully saturated rings. The fourth-order valence-corrected chi connectivity index (χ4v) is 0.548. The summed E-state index contributed by atoms with van der Waals surface area (Å²) < 4.78 is 0. The van der Waals surface area contributed by atoms with Crippen molar-refractivity contribution in [3.8, 4) is 0 Å². The molecule has 1 atom stereocenters. The SMILES string of the molecule is NNCCCC(N)C(=O)O. The van der Waals surface area contributed by atoms with Crippen molar-refractivity contribution in [1.82, 2.24) is 5.43 Å². The van der Waals surface area contributed by atoms with E-state index < -0.39 is 12.0 Å². The second-order valence-electron chi connectivity index (χ2n) is 2.04. The van der Waals surface area contributed by atoms with Gasteiger partial charge in [0.05, 0.1) is 0 Å². The molecule has 60 valence electrons. The highest BCUT2D eigenvalue weighted by molar-refractivity contribution is 5.72. The second kappa shape index (κ2) is 5.16. The molecule has 0 spiro atoms. The summed E-state index contributed by atoms with van der Waals surface area (Å²) >= 11 is 0. The van der Waals surface area contributed by atoms with Crippen LogP contribution in [0.3, 0.4) is 0 Å². The summed E-state index contributed by atoms with van der Waals surface area (Å²) in [6, 6.07) is -0.756. The highest BCUT2D eigenvalue weighted by Gasteiger charge is 2.09. The Labute approximate surface area is 59.4 Å². The van der Waals surface area contributed by atoms with Gasteiger partial charge in [-0.1, -0.05) is 0 Å². The highest BCUT2D eigenvalue weighted by Crippen LogP contribution is 1.91. The zero-order chi connectivity index (χ0) is 7.98. The Balaban J connectivity index is 3.21. The Morgan fingerprint density at radius 2 is 2.30 bits per heavy atom. The lowest BCUT2D eigenvalue weighted by Gasteiger charge is -2.04. The summed E-state index contributed by atoms with van der Waals surface area (Å²) in [4.78, 5) is 10.1. The van der Waals surface area contributed by atoms with Crippen molar-refractivity contribution >= 4 is 5.97 Å². The Bertz CT molecular complexity index is 107. The molecule has 0 saturated carbocycles. The smallest absolute Gasteiger partial charge is 0.320 e. The molecule has 5 nitrogen and oxygen atoms in total. The number of hydrogen-bond donors (Lipinski definition) is 4. The first-order valence-corrected chi connectivity index (χ1v) is 3.10. The number of hydrogen-bond acceptors (Lipinski definition) is 4. The van der Waals surface area contributed by atoms with Gasteiger partial charge in [-0.15, -0.1) is 0 Å². The molecule has 10 heavy (non-hydrogen) atoms. The van der Waals surface area contributed by atoms with Gasteiger partial charge in [-0.3, -0.25) is 16.1 Å². The van der Waals surface area contributed by atoms with Crippen molar-refractivity contribution in [2.45, 2.75) is 18.9 Å². The van der Waals surface area contributed by atoms with Crippen LogP contribution in [0, 0.1) is 0 Å². The summed E-state index contributed by atoms with van der Waals surface area (Å²) in [5, 5.41) is 8.30. The first-order chi connectivity index (χ1) is 4.68. The summed E-state index contributed by atoms with van der Waals surface area (Å²) in [5.41, 5.74) is 7.60. The van der Waals surface area contributed by atoms with E-state index in [4.69, 9.17) is 16.7 Å².